The molecule has 1 aromatic carbocycles. The molecule has 0 amide bonds. The van der Waals surface area contributed by atoms with E-state index in [0.717, 1.165) is 24.4 Å². The largest absolute Gasteiger partial charge is 0.308 e. The van der Waals surface area contributed by atoms with Crippen molar-refractivity contribution in [3.8, 4) is 0 Å². The molecular formula is C16H27ClN2. The molecule has 2 atom stereocenters. The number of halogens is 1. The molecule has 0 saturated carbocycles. The second-order valence-electron chi connectivity index (χ2n) is 5.55. The maximum atomic E-state index is 6.15. The van der Waals surface area contributed by atoms with Gasteiger partial charge in [0, 0.05) is 10.6 Å². The molecule has 1 rings (SSSR count). The van der Waals surface area contributed by atoms with Gasteiger partial charge < -0.3 is 10.2 Å². The first-order valence-corrected chi connectivity index (χ1v) is 7.49. The third-order valence-electron chi connectivity index (χ3n) is 4.14. The van der Waals surface area contributed by atoms with Crippen LogP contribution in [0.15, 0.2) is 24.3 Å². The fourth-order valence-corrected chi connectivity index (χ4v) is 2.65. The van der Waals surface area contributed by atoms with Crippen LogP contribution in [-0.4, -0.2) is 31.1 Å². The highest BCUT2D eigenvalue weighted by Crippen LogP contribution is 2.33. The summed E-state index contributed by atoms with van der Waals surface area (Å²) in [6, 6.07) is 8.49. The maximum absolute atomic E-state index is 6.15. The van der Waals surface area contributed by atoms with Crippen molar-refractivity contribution in [2.75, 3.05) is 20.6 Å². The van der Waals surface area contributed by atoms with Gasteiger partial charge in [0.2, 0.25) is 0 Å². The zero-order valence-electron chi connectivity index (χ0n) is 12.8. The number of rotatable bonds is 7. The molecule has 108 valence electrons. The van der Waals surface area contributed by atoms with Gasteiger partial charge in [0.1, 0.15) is 0 Å². The fraction of sp³-hybridized carbons (Fsp3) is 0.625. The number of benzene rings is 1. The van der Waals surface area contributed by atoms with Crippen LogP contribution in [0.3, 0.4) is 0 Å². The van der Waals surface area contributed by atoms with Gasteiger partial charge in [0.25, 0.3) is 0 Å². The summed E-state index contributed by atoms with van der Waals surface area (Å²) in [5.41, 5.74) is 1.33. The molecule has 1 aromatic rings. The summed E-state index contributed by atoms with van der Waals surface area (Å²) in [7, 11) is 4.29. The second kappa shape index (κ2) is 7.28. The molecule has 0 fully saturated rings. The van der Waals surface area contributed by atoms with Gasteiger partial charge in [0.15, 0.2) is 0 Å². The van der Waals surface area contributed by atoms with E-state index in [-0.39, 0.29) is 11.6 Å². The zero-order valence-corrected chi connectivity index (χ0v) is 13.6. The first-order chi connectivity index (χ1) is 8.95. The Kier molecular flexibility index (Phi) is 6.31. The summed E-state index contributed by atoms with van der Waals surface area (Å²) in [5, 5.41) is 4.49. The van der Waals surface area contributed by atoms with Crippen molar-refractivity contribution < 1.29 is 0 Å². The standard InChI is InChI=1S/C16H27ClN2/c1-6-11-18-15(16(3,7-2)19(4)5)13-9-8-10-14(17)12-13/h8-10,12,15,18H,6-7,11H2,1-5H3. The molecule has 3 heteroatoms. The molecule has 0 radical (unpaired) electrons. The predicted molar refractivity (Wildman–Crippen MR) is 84.9 cm³/mol. The molecule has 1 N–H and O–H groups in total. The van der Waals surface area contributed by atoms with Crippen molar-refractivity contribution in [3.63, 3.8) is 0 Å². The third-order valence-corrected chi connectivity index (χ3v) is 4.37. The average molecular weight is 283 g/mol. The maximum Gasteiger partial charge on any atom is 0.0504 e. The lowest BCUT2D eigenvalue weighted by atomic mass is 9.83. The quantitative estimate of drug-likeness (QED) is 0.810. The molecule has 0 aromatic heterocycles. The summed E-state index contributed by atoms with van der Waals surface area (Å²) in [4.78, 5) is 2.31. The van der Waals surface area contributed by atoms with E-state index >= 15 is 0 Å². The van der Waals surface area contributed by atoms with Crippen LogP contribution < -0.4 is 5.32 Å². The number of hydrogen-bond acceptors (Lipinski definition) is 2. The first-order valence-electron chi connectivity index (χ1n) is 7.12. The van der Waals surface area contributed by atoms with Crippen LogP contribution in [-0.2, 0) is 0 Å². The molecule has 0 spiro atoms. The molecule has 0 aliphatic rings. The minimum atomic E-state index is 0.0693. The van der Waals surface area contributed by atoms with Crippen molar-refractivity contribution in [3.05, 3.63) is 34.9 Å². The van der Waals surface area contributed by atoms with Crippen LogP contribution >= 0.6 is 11.6 Å². The van der Waals surface area contributed by atoms with Crippen molar-refractivity contribution >= 4 is 11.6 Å². The average Bonchev–Trinajstić information content (AvgIpc) is 2.38. The highest BCUT2D eigenvalue weighted by molar-refractivity contribution is 6.30. The lowest BCUT2D eigenvalue weighted by Crippen LogP contribution is -2.51. The Morgan fingerprint density at radius 3 is 2.47 bits per heavy atom. The Morgan fingerprint density at radius 2 is 2.00 bits per heavy atom. The topological polar surface area (TPSA) is 15.3 Å². The molecule has 19 heavy (non-hydrogen) atoms. The lowest BCUT2D eigenvalue weighted by Gasteiger charge is -2.43. The van der Waals surface area contributed by atoms with Crippen molar-refractivity contribution in [2.45, 2.75) is 45.2 Å². The molecule has 0 aliphatic carbocycles. The molecule has 2 nitrogen and oxygen atoms in total. The normalized spacial score (nSPS) is 16.4. The van der Waals surface area contributed by atoms with Crippen molar-refractivity contribution in [1.82, 2.24) is 10.2 Å². The highest BCUT2D eigenvalue weighted by Gasteiger charge is 2.35. The Bertz CT molecular complexity index is 392. The molecule has 0 aliphatic heterocycles. The lowest BCUT2D eigenvalue weighted by molar-refractivity contribution is 0.113. The van der Waals surface area contributed by atoms with E-state index in [0.29, 0.717) is 0 Å². The fourth-order valence-electron chi connectivity index (χ4n) is 2.45. The van der Waals surface area contributed by atoms with Crippen LogP contribution in [0, 0.1) is 0 Å². The van der Waals surface area contributed by atoms with E-state index < -0.39 is 0 Å². The van der Waals surface area contributed by atoms with Crippen molar-refractivity contribution in [2.24, 2.45) is 0 Å². The second-order valence-corrected chi connectivity index (χ2v) is 5.98. The van der Waals surface area contributed by atoms with Crippen LogP contribution in [0.1, 0.15) is 45.2 Å². The highest BCUT2D eigenvalue weighted by atomic mass is 35.5. The van der Waals surface area contributed by atoms with Crippen LogP contribution in [0.2, 0.25) is 5.02 Å². The minimum absolute atomic E-state index is 0.0693. The molecular weight excluding hydrogens is 256 g/mol. The van der Waals surface area contributed by atoms with Gasteiger partial charge in [-0.25, -0.2) is 0 Å². The van der Waals surface area contributed by atoms with Gasteiger partial charge >= 0.3 is 0 Å². The Balaban J connectivity index is 3.13. The number of hydrogen-bond donors (Lipinski definition) is 1. The number of likely N-dealkylation sites (N-methyl/N-ethyl adjacent to an activating group) is 1. The SMILES string of the molecule is CCCNC(c1cccc(Cl)c1)C(C)(CC)N(C)C. The Hall–Kier alpha value is -0.570. The zero-order chi connectivity index (χ0) is 14.5. The Labute approximate surface area is 123 Å². The number of nitrogens with zero attached hydrogens (tertiary/aromatic N) is 1. The summed E-state index contributed by atoms with van der Waals surface area (Å²) < 4.78 is 0. The smallest absolute Gasteiger partial charge is 0.0504 e. The Morgan fingerprint density at radius 1 is 1.32 bits per heavy atom. The van der Waals surface area contributed by atoms with Crippen LogP contribution in [0.4, 0.5) is 0 Å². The van der Waals surface area contributed by atoms with Gasteiger partial charge in [-0.1, -0.05) is 37.6 Å². The van der Waals surface area contributed by atoms with Crippen LogP contribution in [0.25, 0.3) is 0 Å². The molecule has 0 saturated heterocycles. The van der Waals surface area contributed by atoms with Gasteiger partial charge in [-0.05, 0) is 58.1 Å². The van der Waals surface area contributed by atoms with Gasteiger partial charge in [-0.15, -0.1) is 0 Å². The van der Waals surface area contributed by atoms with Crippen molar-refractivity contribution in [1.29, 1.82) is 0 Å². The first kappa shape index (κ1) is 16.5. The molecule has 0 heterocycles. The number of nitrogens with one attached hydrogen (secondary N) is 1. The van der Waals surface area contributed by atoms with E-state index in [9.17, 15) is 0 Å². The van der Waals surface area contributed by atoms with E-state index in [2.05, 4.69) is 57.2 Å². The molecule has 2 unspecified atom stereocenters. The van der Waals surface area contributed by atoms with E-state index in [1.165, 1.54) is 5.56 Å². The van der Waals surface area contributed by atoms with E-state index in [4.69, 9.17) is 11.6 Å². The predicted octanol–water partition coefficient (Wildman–Crippen LogP) is 4.11. The third kappa shape index (κ3) is 3.95. The monoisotopic (exact) mass is 282 g/mol. The summed E-state index contributed by atoms with van der Waals surface area (Å²) in [5.74, 6) is 0. The van der Waals surface area contributed by atoms with E-state index in [1.807, 2.05) is 12.1 Å². The minimum Gasteiger partial charge on any atom is -0.308 e. The molecule has 0 bridgehead atoms. The summed E-state index contributed by atoms with van der Waals surface area (Å²) in [6.45, 7) is 7.76. The van der Waals surface area contributed by atoms with Gasteiger partial charge in [-0.2, -0.15) is 0 Å². The van der Waals surface area contributed by atoms with Gasteiger partial charge in [-0.3, -0.25) is 0 Å². The van der Waals surface area contributed by atoms with E-state index in [1.54, 1.807) is 0 Å². The van der Waals surface area contributed by atoms with Crippen LogP contribution in [0.5, 0.6) is 0 Å². The summed E-state index contributed by atoms with van der Waals surface area (Å²) in [6.07, 6.45) is 2.21. The van der Waals surface area contributed by atoms with Gasteiger partial charge in [0.05, 0.1) is 6.04 Å². The summed E-state index contributed by atoms with van der Waals surface area (Å²) >= 11 is 6.15.